The zero-order chi connectivity index (χ0) is 18.1. The van der Waals surface area contributed by atoms with Crippen LogP contribution in [-0.4, -0.2) is 5.78 Å². The highest BCUT2D eigenvalue weighted by Crippen LogP contribution is 2.40. The van der Waals surface area contributed by atoms with E-state index in [0.29, 0.717) is 22.3 Å². The first-order valence-electron chi connectivity index (χ1n) is 7.77. The minimum atomic E-state index is -0.0841. The van der Waals surface area contributed by atoms with Crippen LogP contribution in [0.4, 0.5) is 0 Å². The first-order chi connectivity index (χ1) is 12.7. The summed E-state index contributed by atoms with van der Waals surface area (Å²) in [6.45, 7) is 0. The van der Waals surface area contributed by atoms with Gasteiger partial charge in [0.2, 0.25) is 0 Å². The second-order valence-corrected chi connectivity index (χ2v) is 7.62. The lowest BCUT2D eigenvalue weighted by Crippen LogP contribution is -2.11. The Hall–Kier alpha value is -3.25. The van der Waals surface area contributed by atoms with Gasteiger partial charge >= 0.3 is 0 Å². The fourth-order valence-electron chi connectivity index (χ4n) is 2.92. The molecule has 0 atom stereocenters. The van der Waals surface area contributed by atoms with Crippen molar-refractivity contribution in [2.75, 3.05) is 0 Å². The third kappa shape index (κ3) is 2.60. The summed E-state index contributed by atoms with van der Waals surface area (Å²) in [6.07, 6.45) is 1.68. The van der Waals surface area contributed by atoms with E-state index in [1.54, 1.807) is 41.7 Å². The number of thiophene rings is 2. The van der Waals surface area contributed by atoms with Crippen LogP contribution in [0.2, 0.25) is 0 Å². The molecule has 0 saturated carbocycles. The molecule has 3 nitrogen and oxygen atoms in total. The number of ketones is 1. The Labute approximate surface area is 158 Å². The SMILES string of the molecule is N#CC(C#N)=C1C=C(c2ccc(-c3cccs3)s2)C(=O)c2ccccc21. The summed E-state index contributed by atoms with van der Waals surface area (Å²) in [5.74, 6) is -0.0841. The molecule has 0 fully saturated rings. The van der Waals surface area contributed by atoms with Crippen molar-refractivity contribution in [1.29, 1.82) is 10.5 Å². The molecule has 0 N–H and O–H groups in total. The number of benzene rings is 1. The van der Waals surface area contributed by atoms with Crippen LogP contribution >= 0.6 is 22.7 Å². The van der Waals surface area contributed by atoms with Gasteiger partial charge in [-0.3, -0.25) is 4.79 Å². The molecule has 4 rings (SSSR count). The van der Waals surface area contributed by atoms with Crippen LogP contribution in [0.15, 0.2) is 65.6 Å². The maximum absolute atomic E-state index is 13.0. The molecule has 2 heterocycles. The largest absolute Gasteiger partial charge is 0.289 e. The van der Waals surface area contributed by atoms with E-state index in [-0.39, 0.29) is 11.4 Å². The van der Waals surface area contributed by atoms with Gasteiger partial charge in [0.25, 0.3) is 0 Å². The van der Waals surface area contributed by atoms with Crippen LogP contribution in [0, 0.1) is 22.7 Å². The monoisotopic (exact) mass is 370 g/mol. The number of allylic oxidation sites excluding steroid dienone is 4. The van der Waals surface area contributed by atoms with Crippen molar-refractivity contribution in [3.63, 3.8) is 0 Å². The molecule has 1 aliphatic rings. The van der Waals surface area contributed by atoms with Gasteiger partial charge in [-0.05, 0) is 35.2 Å². The zero-order valence-corrected chi connectivity index (χ0v) is 15.0. The number of rotatable bonds is 2. The maximum Gasteiger partial charge on any atom is 0.195 e. The normalized spacial score (nSPS) is 12.8. The van der Waals surface area contributed by atoms with E-state index in [1.807, 2.05) is 41.8 Å². The van der Waals surface area contributed by atoms with E-state index in [9.17, 15) is 15.3 Å². The average molecular weight is 370 g/mol. The molecule has 0 spiro atoms. The van der Waals surface area contributed by atoms with Gasteiger partial charge in [-0.25, -0.2) is 0 Å². The van der Waals surface area contributed by atoms with Gasteiger partial charge in [0.05, 0.1) is 0 Å². The van der Waals surface area contributed by atoms with Gasteiger partial charge in [-0.15, -0.1) is 22.7 Å². The standard InChI is InChI=1S/C21H10N2OS2/c22-11-13(12-23)16-10-17(21(24)15-5-2-1-4-14(15)16)18-7-8-20(26-18)19-6-3-9-25-19/h1-10H. The van der Waals surface area contributed by atoms with Crippen LogP contribution in [0.25, 0.3) is 20.9 Å². The molecule has 0 saturated heterocycles. The fraction of sp³-hybridized carbons (Fsp3) is 0. The van der Waals surface area contributed by atoms with Crippen LogP contribution in [-0.2, 0) is 0 Å². The number of nitriles is 2. The number of nitrogens with zero attached hydrogens (tertiary/aromatic N) is 2. The van der Waals surface area contributed by atoms with Crippen LogP contribution in [0.1, 0.15) is 20.8 Å². The first kappa shape index (κ1) is 16.2. The summed E-state index contributed by atoms with van der Waals surface area (Å²) in [6, 6.07) is 19.0. The lowest BCUT2D eigenvalue weighted by atomic mass is 9.84. The minimum absolute atomic E-state index is 0.0116. The van der Waals surface area contributed by atoms with Gasteiger partial charge in [0.15, 0.2) is 5.78 Å². The summed E-state index contributed by atoms with van der Waals surface area (Å²) in [5, 5.41) is 20.6. The summed E-state index contributed by atoms with van der Waals surface area (Å²) < 4.78 is 0. The lowest BCUT2D eigenvalue weighted by Gasteiger charge is -2.17. The summed E-state index contributed by atoms with van der Waals surface area (Å²) in [5.41, 5.74) is 2.20. The van der Waals surface area contributed by atoms with E-state index in [2.05, 4.69) is 0 Å². The second kappa shape index (κ2) is 6.57. The van der Waals surface area contributed by atoms with Gasteiger partial charge < -0.3 is 0 Å². The topological polar surface area (TPSA) is 64.7 Å². The van der Waals surface area contributed by atoms with Gasteiger partial charge in [0, 0.05) is 31.3 Å². The molecule has 2 aromatic heterocycles. The summed E-state index contributed by atoms with van der Waals surface area (Å²) in [4.78, 5) is 16.1. The Morgan fingerprint density at radius 2 is 1.58 bits per heavy atom. The number of fused-ring (bicyclic) bond motifs is 1. The molecule has 0 radical (unpaired) electrons. The number of carbonyl (C=O) groups is 1. The highest BCUT2D eigenvalue weighted by atomic mass is 32.1. The molecule has 5 heteroatoms. The number of carbonyl (C=O) groups excluding carboxylic acids is 1. The molecule has 3 aromatic rings. The van der Waals surface area contributed by atoms with Crippen molar-refractivity contribution in [3.8, 4) is 21.9 Å². The van der Waals surface area contributed by atoms with Crippen molar-refractivity contribution in [2.45, 2.75) is 0 Å². The van der Waals surface area contributed by atoms with E-state index in [1.165, 1.54) is 11.3 Å². The van der Waals surface area contributed by atoms with Crippen LogP contribution in [0.5, 0.6) is 0 Å². The summed E-state index contributed by atoms with van der Waals surface area (Å²) >= 11 is 3.19. The van der Waals surface area contributed by atoms with Gasteiger partial charge in [-0.2, -0.15) is 10.5 Å². The smallest absolute Gasteiger partial charge is 0.195 e. The molecule has 0 amide bonds. The summed E-state index contributed by atoms with van der Waals surface area (Å²) in [7, 11) is 0. The van der Waals surface area contributed by atoms with Crippen LogP contribution < -0.4 is 0 Å². The predicted molar refractivity (Wildman–Crippen MR) is 105 cm³/mol. The van der Waals surface area contributed by atoms with Crippen molar-refractivity contribution >= 4 is 39.6 Å². The highest BCUT2D eigenvalue weighted by Gasteiger charge is 2.27. The number of hydrogen-bond acceptors (Lipinski definition) is 5. The Bertz CT molecular complexity index is 1150. The molecule has 1 aliphatic carbocycles. The van der Waals surface area contributed by atoms with Crippen molar-refractivity contribution < 1.29 is 4.79 Å². The van der Waals surface area contributed by atoms with E-state index in [0.717, 1.165) is 14.6 Å². The van der Waals surface area contributed by atoms with E-state index >= 15 is 0 Å². The number of Topliss-reactive ketones (excluding diaryl/α,β-unsaturated/α-hetero) is 1. The Morgan fingerprint density at radius 3 is 2.27 bits per heavy atom. The van der Waals surface area contributed by atoms with Crippen molar-refractivity contribution in [3.05, 3.63) is 81.6 Å². The van der Waals surface area contributed by atoms with Crippen molar-refractivity contribution in [1.82, 2.24) is 0 Å². The molecule has 1 aromatic carbocycles. The third-order valence-electron chi connectivity index (χ3n) is 4.12. The highest BCUT2D eigenvalue weighted by molar-refractivity contribution is 7.22. The third-order valence-corrected chi connectivity index (χ3v) is 6.31. The zero-order valence-electron chi connectivity index (χ0n) is 13.4. The number of hydrogen-bond donors (Lipinski definition) is 0. The average Bonchev–Trinajstić information content (AvgIpc) is 3.36. The first-order valence-corrected chi connectivity index (χ1v) is 9.47. The maximum atomic E-state index is 13.0. The Morgan fingerprint density at radius 1 is 0.846 bits per heavy atom. The molecule has 0 aliphatic heterocycles. The Balaban J connectivity index is 1.90. The van der Waals surface area contributed by atoms with Crippen molar-refractivity contribution in [2.24, 2.45) is 0 Å². The quantitative estimate of drug-likeness (QED) is 0.555. The molecule has 26 heavy (non-hydrogen) atoms. The fourth-order valence-corrected chi connectivity index (χ4v) is 4.77. The van der Waals surface area contributed by atoms with Gasteiger partial charge in [-0.1, -0.05) is 30.3 Å². The van der Waals surface area contributed by atoms with E-state index in [4.69, 9.17) is 0 Å². The molecule has 0 unspecified atom stereocenters. The van der Waals surface area contributed by atoms with Gasteiger partial charge in [0.1, 0.15) is 17.7 Å². The van der Waals surface area contributed by atoms with E-state index < -0.39 is 0 Å². The second-order valence-electron chi connectivity index (χ2n) is 5.59. The molecular formula is C21H10N2OS2. The Kier molecular flexibility index (Phi) is 4.10. The lowest BCUT2D eigenvalue weighted by molar-refractivity contribution is 0.105. The van der Waals surface area contributed by atoms with Crippen LogP contribution in [0.3, 0.4) is 0 Å². The molecular weight excluding hydrogens is 360 g/mol. The minimum Gasteiger partial charge on any atom is -0.289 e. The predicted octanol–water partition coefficient (Wildman–Crippen LogP) is 5.56. The molecule has 0 bridgehead atoms. The molecule has 122 valence electrons.